The molecule has 1 unspecified atom stereocenters. The summed E-state index contributed by atoms with van der Waals surface area (Å²) in [4.78, 5) is 0. The normalized spacial score (nSPS) is 27.8. The second kappa shape index (κ2) is 2.98. The molecule has 0 spiro atoms. The fourth-order valence-electron chi connectivity index (χ4n) is 1.88. The molecule has 1 nitrogen and oxygen atoms in total. The Morgan fingerprint density at radius 1 is 1.40 bits per heavy atom. The summed E-state index contributed by atoms with van der Waals surface area (Å²) in [5.41, 5.74) is 4.79. The van der Waals surface area contributed by atoms with E-state index >= 15 is 0 Å². The van der Waals surface area contributed by atoms with Crippen LogP contribution in [0.5, 0.6) is 0 Å². The molecule has 0 radical (unpaired) electrons. The zero-order chi connectivity index (χ0) is 11.3. The molecule has 0 saturated heterocycles. The van der Waals surface area contributed by atoms with Crippen molar-refractivity contribution in [1.29, 1.82) is 0 Å². The highest BCUT2D eigenvalue weighted by Gasteiger charge is 2.71. The topological polar surface area (TPSA) is 26.0 Å². The van der Waals surface area contributed by atoms with Crippen LogP contribution >= 0.6 is 0 Å². The van der Waals surface area contributed by atoms with E-state index in [1.807, 2.05) is 0 Å². The minimum atomic E-state index is -2.79. The molecule has 15 heavy (non-hydrogen) atoms. The molecule has 0 aromatic heterocycles. The van der Waals surface area contributed by atoms with Crippen molar-refractivity contribution in [2.45, 2.75) is 24.7 Å². The molecule has 0 heterocycles. The lowest BCUT2D eigenvalue weighted by molar-refractivity contribution is 0.0895. The van der Waals surface area contributed by atoms with E-state index in [1.165, 1.54) is 18.2 Å². The van der Waals surface area contributed by atoms with Crippen LogP contribution in [-0.2, 0) is 5.41 Å². The molecule has 1 aliphatic carbocycles. The third-order valence-electron chi connectivity index (χ3n) is 3.17. The summed E-state index contributed by atoms with van der Waals surface area (Å²) < 4.78 is 39.6. The van der Waals surface area contributed by atoms with Gasteiger partial charge in [-0.05, 0) is 24.1 Å². The van der Waals surface area contributed by atoms with Gasteiger partial charge in [-0.15, -0.1) is 0 Å². The quantitative estimate of drug-likeness (QED) is 0.805. The fourth-order valence-corrected chi connectivity index (χ4v) is 1.88. The molecule has 2 N–H and O–H groups in total. The van der Waals surface area contributed by atoms with Crippen LogP contribution in [-0.4, -0.2) is 12.5 Å². The first-order chi connectivity index (χ1) is 6.93. The van der Waals surface area contributed by atoms with E-state index in [-0.39, 0.29) is 13.0 Å². The van der Waals surface area contributed by atoms with Crippen molar-refractivity contribution in [3.05, 3.63) is 35.1 Å². The van der Waals surface area contributed by atoms with Crippen LogP contribution in [0, 0.1) is 12.7 Å². The van der Waals surface area contributed by atoms with Crippen LogP contribution in [0.3, 0.4) is 0 Å². The van der Waals surface area contributed by atoms with E-state index in [2.05, 4.69) is 0 Å². The van der Waals surface area contributed by atoms with Gasteiger partial charge in [0.05, 0.1) is 5.41 Å². The summed E-state index contributed by atoms with van der Waals surface area (Å²) in [7, 11) is 0. The average molecular weight is 215 g/mol. The summed E-state index contributed by atoms with van der Waals surface area (Å²) in [5, 5.41) is 0. The molecule has 1 aromatic carbocycles. The maximum Gasteiger partial charge on any atom is 0.260 e. The van der Waals surface area contributed by atoms with Crippen molar-refractivity contribution >= 4 is 0 Å². The SMILES string of the molecule is Cc1ccc(C2(CN)CC2(F)F)cc1F. The molecule has 1 aromatic rings. The number of nitrogens with two attached hydrogens (primary N) is 1. The lowest BCUT2D eigenvalue weighted by atomic mass is 9.94. The summed E-state index contributed by atoms with van der Waals surface area (Å²) in [6.45, 7) is 1.45. The van der Waals surface area contributed by atoms with E-state index in [1.54, 1.807) is 6.92 Å². The molecular weight excluding hydrogens is 203 g/mol. The molecule has 4 heteroatoms. The van der Waals surface area contributed by atoms with Crippen molar-refractivity contribution in [3.8, 4) is 0 Å². The second-order valence-electron chi connectivity index (χ2n) is 4.13. The zero-order valence-electron chi connectivity index (χ0n) is 8.36. The second-order valence-corrected chi connectivity index (χ2v) is 4.13. The van der Waals surface area contributed by atoms with Crippen LogP contribution in [0.2, 0.25) is 0 Å². The van der Waals surface area contributed by atoms with E-state index in [9.17, 15) is 13.2 Å². The lowest BCUT2D eigenvalue weighted by Crippen LogP contribution is -2.26. The highest BCUT2D eigenvalue weighted by molar-refractivity contribution is 5.40. The van der Waals surface area contributed by atoms with Crippen molar-refractivity contribution < 1.29 is 13.2 Å². The Kier molecular flexibility index (Phi) is 2.08. The van der Waals surface area contributed by atoms with Crippen molar-refractivity contribution in [2.24, 2.45) is 5.73 Å². The molecule has 1 saturated carbocycles. The predicted octanol–water partition coefficient (Wildman–Crippen LogP) is 2.37. The third kappa shape index (κ3) is 1.35. The Labute approximate surface area is 86.1 Å². The summed E-state index contributed by atoms with van der Waals surface area (Å²) in [6.07, 6.45) is -0.279. The van der Waals surface area contributed by atoms with E-state index < -0.39 is 17.2 Å². The van der Waals surface area contributed by atoms with Gasteiger partial charge in [-0.2, -0.15) is 0 Å². The van der Waals surface area contributed by atoms with Gasteiger partial charge in [0.2, 0.25) is 0 Å². The first-order valence-corrected chi connectivity index (χ1v) is 4.77. The van der Waals surface area contributed by atoms with Crippen molar-refractivity contribution in [2.75, 3.05) is 6.54 Å². The molecule has 82 valence electrons. The maximum absolute atomic E-state index is 13.2. The van der Waals surface area contributed by atoms with E-state index in [4.69, 9.17) is 5.73 Å². The number of aryl methyl sites for hydroxylation is 1. The first-order valence-electron chi connectivity index (χ1n) is 4.77. The summed E-state index contributed by atoms with van der Waals surface area (Å²) in [5.74, 6) is -3.24. The van der Waals surface area contributed by atoms with Gasteiger partial charge < -0.3 is 5.73 Å². The average Bonchev–Trinajstić information content (AvgIpc) is 2.75. The van der Waals surface area contributed by atoms with Gasteiger partial charge in [0.1, 0.15) is 5.82 Å². The molecule has 1 aliphatic rings. The molecule has 0 aliphatic heterocycles. The first kappa shape index (κ1) is 10.5. The number of alkyl halides is 2. The van der Waals surface area contributed by atoms with Gasteiger partial charge in [0.25, 0.3) is 5.92 Å². The van der Waals surface area contributed by atoms with Crippen molar-refractivity contribution in [1.82, 2.24) is 0 Å². The lowest BCUT2D eigenvalue weighted by Gasteiger charge is -2.14. The van der Waals surface area contributed by atoms with Crippen LogP contribution in [0.1, 0.15) is 17.5 Å². The number of benzene rings is 1. The monoisotopic (exact) mass is 215 g/mol. The van der Waals surface area contributed by atoms with Gasteiger partial charge >= 0.3 is 0 Å². The molecule has 0 amide bonds. The Morgan fingerprint density at radius 3 is 2.40 bits per heavy atom. The minimum Gasteiger partial charge on any atom is -0.329 e. The van der Waals surface area contributed by atoms with Crippen LogP contribution in [0.4, 0.5) is 13.2 Å². The fraction of sp³-hybridized carbons (Fsp3) is 0.455. The summed E-state index contributed by atoms with van der Waals surface area (Å²) in [6, 6.07) is 4.21. The molecule has 0 bridgehead atoms. The standard InChI is InChI=1S/C11H12F3N/c1-7-2-3-8(4-9(7)12)10(6-15)5-11(10,13)14/h2-4H,5-6,15H2,1H3. The predicted molar refractivity (Wildman–Crippen MR) is 51.4 cm³/mol. The zero-order valence-corrected chi connectivity index (χ0v) is 8.36. The highest BCUT2D eigenvalue weighted by Crippen LogP contribution is 2.60. The Balaban J connectivity index is 2.42. The van der Waals surface area contributed by atoms with Crippen LogP contribution in [0.25, 0.3) is 0 Å². The van der Waals surface area contributed by atoms with Gasteiger partial charge in [-0.1, -0.05) is 12.1 Å². The largest absolute Gasteiger partial charge is 0.329 e. The van der Waals surface area contributed by atoms with Gasteiger partial charge in [0, 0.05) is 13.0 Å². The Morgan fingerprint density at radius 2 is 2.00 bits per heavy atom. The van der Waals surface area contributed by atoms with Gasteiger partial charge in [0.15, 0.2) is 0 Å². The minimum absolute atomic E-state index is 0.150. The van der Waals surface area contributed by atoms with Crippen LogP contribution in [0.15, 0.2) is 18.2 Å². The van der Waals surface area contributed by atoms with Crippen LogP contribution < -0.4 is 5.73 Å². The van der Waals surface area contributed by atoms with Gasteiger partial charge in [-0.25, -0.2) is 13.2 Å². The van der Waals surface area contributed by atoms with E-state index in [0.717, 1.165) is 0 Å². The number of halogens is 3. The maximum atomic E-state index is 13.2. The number of hydrogen-bond acceptors (Lipinski definition) is 1. The third-order valence-corrected chi connectivity index (χ3v) is 3.17. The van der Waals surface area contributed by atoms with E-state index in [0.29, 0.717) is 11.1 Å². The molecular formula is C11H12F3N. The Bertz CT molecular complexity index is 403. The van der Waals surface area contributed by atoms with Crippen molar-refractivity contribution in [3.63, 3.8) is 0 Å². The molecule has 2 rings (SSSR count). The molecule has 1 atom stereocenters. The Hall–Kier alpha value is -1.03. The summed E-state index contributed by atoms with van der Waals surface area (Å²) >= 11 is 0. The number of rotatable bonds is 2. The smallest absolute Gasteiger partial charge is 0.260 e. The highest BCUT2D eigenvalue weighted by atomic mass is 19.3. The van der Waals surface area contributed by atoms with Gasteiger partial charge in [-0.3, -0.25) is 0 Å². The molecule has 1 fully saturated rings. The number of hydrogen-bond donors (Lipinski definition) is 1.